The Morgan fingerprint density at radius 2 is 1.86 bits per heavy atom. The minimum Gasteiger partial charge on any atom is -0.477 e. The van der Waals surface area contributed by atoms with Crippen molar-refractivity contribution in [2.75, 3.05) is 0 Å². The number of fused-ring (bicyclic) bond motifs is 1. The number of halogens is 4. The lowest BCUT2D eigenvalue weighted by molar-refractivity contribution is -0.137. The highest BCUT2D eigenvalue weighted by Crippen LogP contribution is 2.35. The van der Waals surface area contributed by atoms with Crippen molar-refractivity contribution in [3.05, 3.63) is 64.3 Å². The van der Waals surface area contributed by atoms with Crippen LogP contribution in [0.15, 0.2) is 42.5 Å². The molecular weight excluding hydrogens is 399 g/mol. The first kappa shape index (κ1) is 19.8. The molecule has 0 fully saturated rings. The van der Waals surface area contributed by atoms with E-state index in [2.05, 4.69) is 0 Å². The van der Waals surface area contributed by atoms with Gasteiger partial charge >= 0.3 is 18.1 Å². The Hall–Kier alpha value is -3.00. The van der Waals surface area contributed by atoms with Gasteiger partial charge in [0.2, 0.25) is 0 Å². The molecule has 0 saturated heterocycles. The van der Waals surface area contributed by atoms with E-state index >= 15 is 0 Å². The van der Waals surface area contributed by atoms with Gasteiger partial charge in [-0.15, -0.1) is 0 Å². The molecule has 2 aromatic carbocycles. The summed E-state index contributed by atoms with van der Waals surface area (Å²) >= 11 is 5.64. The number of aromatic nitrogens is 1. The number of carboxylic acids is 1. The summed E-state index contributed by atoms with van der Waals surface area (Å²) in [5.41, 5.74) is -0.395. The number of hydrogen-bond donors (Lipinski definition) is 1. The number of carbonyl (C=O) groups excluding carboxylic acids is 1. The zero-order chi connectivity index (χ0) is 20.6. The molecule has 0 spiro atoms. The van der Waals surface area contributed by atoms with E-state index in [0.29, 0.717) is 10.9 Å². The van der Waals surface area contributed by atoms with E-state index in [9.17, 15) is 27.9 Å². The maximum absolute atomic E-state index is 13.1. The number of aromatic carboxylic acids is 1. The number of carbonyl (C=O) groups is 2. The maximum Gasteiger partial charge on any atom is 0.417 e. The Morgan fingerprint density at radius 3 is 2.46 bits per heavy atom. The van der Waals surface area contributed by atoms with Gasteiger partial charge in [-0.05, 0) is 42.0 Å². The quantitative estimate of drug-likeness (QED) is 0.485. The first-order valence-electron chi connectivity index (χ1n) is 7.97. The number of rotatable bonds is 4. The predicted octanol–water partition coefficient (Wildman–Crippen LogP) is 4.99. The summed E-state index contributed by atoms with van der Waals surface area (Å²) in [6.07, 6.45) is -4.62. The van der Waals surface area contributed by atoms with Crippen molar-refractivity contribution < 1.29 is 32.6 Å². The zero-order valence-electron chi connectivity index (χ0n) is 14.4. The third-order valence-corrected chi connectivity index (χ3v) is 4.36. The van der Waals surface area contributed by atoms with Gasteiger partial charge < -0.3 is 14.4 Å². The lowest BCUT2D eigenvalue weighted by Gasteiger charge is -2.13. The smallest absolute Gasteiger partial charge is 0.417 e. The molecule has 1 aromatic heterocycles. The highest BCUT2D eigenvalue weighted by molar-refractivity contribution is 6.31. The van der Waals surface area contributed by atoms with Crippen molar-refractivity contribution in [3.63, 3.8) is 0 Å². The molecule has 0 aliphatic carbocycles. The second kappa shape index (κ2) is 7.20. The fourth-order valence-corrected chi connectivity index (χ4v) is 3.12. The van der Waals surface area contributed by atoms with Crippen LogP contribution in [-0.4, -0.2) is 21.6 Å². The second-order valence-corrected chi connectivity index (χ2v) is 6.45. The summed E-state index contributed by atoms with van der Waals surface area (Å²) in [7, 11) is 0. The third kappa shape index (κ3) is 3.96. The average molecular weight is 412 g/mol. The first-order chi connectivity index (χ1) is 13.1. The van der Waals surface area contributed by atoms with Gasteiger partial charge in [-0.2, -0.15) is 13.2 Å². The van der Waals surface area contributed by atoms with Crippen LogP contribution < -0.4 is 4.74 Å². The number of alkyl halides is 3. The molecule has 1 N–H and O–H groups in total. The van der Waals surface area contributed by atoms with Crippen molar-refractivity contribution in [2.24, 2.45) is 0 Å². The summed E-state index contributed by atoms with van der Waals surface area (Å²) in [6.45, 7) is 1.12. The van der Waals surface area contributed by atoms with Crippen LogP contribution in [0.3, 0.4) is 0 Å². The molecule has 28 heavy (non-hydrogen) atoms. The maximum atomic E-state index is 13.1. The van der Waals surface area contributed by atoms with Crippen molar-refractivity contribution in [1.29, 1.82) is 0 Å². The lowest BCUT2D eigenvalue weighted by Crippen LogP contribution is -2.11. The number of nitrogens with zero attached hydrogens (tertiary/aromatic N) is 1. The van der Waals surface area contributed by atoms with Crippen LogP contribution >= 0.6 is 11.6 Å². The second-order valence-electron chi connectivity index (χ2n) is 6.05. The molecule has 3 rings (SSSR count). The topological polar surface area (TPSA) is 68.5 Å². The first-order valence-corrected chi connectivity index (χ1v) is 8.34. The molecule has 0 aliphatic rings. The van der Waals surface area contributed by atoms with E-state index in [1.165, 1.54) is 35.8 Å². The Kier molecular flexibility index (Phi) is 5.08. The van der Waals surface area contributed by atoms with Gasteiger partial charge in [-0.25, -0.2) is 4.79 Å². The fraction of sp³-hybridized carbons (Fsp3) is 0.158. The van der Waals surface area contributed by atoms with Gasteiger partial charge in [0.1, 0.15) is 11.4 Å². The van der Waals surface area contributed by atoms with Gasteiger partial charge in [0.05, 0.1) is 10.6 Å². The normalized spacial score (nSPS) is 11.6. The van der Waals surface area contributed by atoms with E-state index in [-0.39, 0.29) is 23.6 Å². The van der Waals surface area contributed by atoms with Crippen LogP contribution in [0.1, 0.15) is 28.5 Å². The Morgan fingerprint density at radius 1 is 1.14 bits per heavy atom. The Bertz CT molecular complexity index is 1090. The lowest BCUT2D eigenvalue weighted by atomic mass is 10.1. The van der Waals surface area contributed by atoms with Crippen molar-refractivity contribution in [2.45, 2.75) is 19.6 Å². The largest absolute Gasteiger partial charge is 0.477 e. The minimum absolute atomic E-state index is 0.113. The molecule has 9 heteroatoms. The van der Waals surface area contributed by atoms with Gasteiger partial charge in [-0.1, -0.05) is 17.7 Å². The van der Waals surface area contributed by atoms with Crippen molar-refractivity contribution in [3.8, 4) is 5.75 Å². The van der Waals surface area contributed by atoms with Crippen molar-refractivity contribution >= 4 is 34.4 Å². The molecule has 3 aromatic rings. The van der Waals surface area contributed by atoms with E-state index in [1.54, 1.807) is 6.07 Å². The van der Waals surface area contributed by atoms with E-state index in [1.807, 2.05) is 0 Å². The fourth-order valence-electron chi connectivity index (χ4n) is 2.90. The molecule has 5 nitrogen and oxygen atoms in total. The molecule has 0 unspecified atom stereocenters. The SMILES string of the molecule is CC(=O)Oc1ccc2c(c1)cc(C(=O)O)n2Cc1ccc(Cl)c(C(F)(F)F)c1. The third-order valence-electron chi connectivity index (χ3n) is 4.03. The molecule has 0 saturated carbocycles. The van der Waals surface area contributed by atoms with E-state index in [0.717, 1.165) is 12.1 Å². The zero-order valence-corrected chi connectivity index (χ0v) is 15.1. The summed E-state index contributed by atoms with van der Waals surface area (Å²) in [5.74, 6) is -1.53. The van der Waals surface area contributed by atoms with Crippen LogP contribution in [0.4, 0.5) is 13.2 Å². The Labute approximate surface area is 161 Å². The molecule has 0 amide bonds. The van der Waals surface area contributed by atoms with Gasteiger partial charge in [0.15, 0.2) is 0 Å². The van der Waals surface area contributed by atoms with Gasteiger partial charge in [0, 0.05) is 24.4 Å². The molecule has 0 aliphatic heterocycles. The molecule has 0 atom stereocenters. The predicted molar refractivity (Wildman–Crippen MR) is 95.8 cm³/mol. The molecule has 1 heterocycles. The van der Waals surface area contributed by atoms with E-state index < -0.39 is 28.7 Å². The summed E-state index contributed by atoms with van der Waals surface area (Å²) in [6, 6.07) is 9.31. The number of ether oxygens (including phenoxy) is 1. The average Bonchev–Trinajstić information content (AvgIpc) is 2.93. The molecular formula is C19H13ClF3NO4. The number of hydrogen-bond acceptors (Lipinski definition) is 3. The Balaban J connectivity index is 2.08. The van der Waals surface area contributed by atoms with Gasteiger partial charge in [-0.3, -0.25) is 4.79 Å². The molecule has 0 radical (unpaired) electrons. The van der Waals surface area contributed by atoms with Crippen LogP contribution in [0.25, 0.3) is 10.9 Å². The van der Waals surface area contributed by atoms with Crippen LogP contribution in [0, 0.1) is 0 Å². The highest BCUT2D eigenvalue weighted by Gasteiger charge is 2.33. The van der Waals surface area contributed by atoms with Crippen molar-refractivity contribution in [1.82, 2.24) is 4.57 Å². The van der Waals surface area contributed by atoms with Crippen LogP contribution in [0.5, 0.6) is 5.75 Å². The number of benzene rings is 2. The standard InChI is InChI=1S/C19H13ClF3NO4/c1-10(25)28-13-3-5-16-12(7-13)8-17(18(26)27)24(16)9-11-2-4-15(20)14(6-11)19(21,22)23/h2-8H,9H2,1H3,(H,26,27). The number of esters is 1. The summed E-state index contributed by atoms with van der Waals surface area (Å²) in [5, 5.41) is 9.52. The summed E-state index contributed by atoms with van der Waals surface area (Å²) in [4.78, 5) is 22.7. The van der Waals surface area contributed by atoms with Gasteiger partial charge in [0.25, 0.3) is 0 Å². The monoisotopic (exact) mass is 411 g/mol. The van der Waals surface area contributed by atoms with E-state index in [4.69, 9.17) is 16.3 Å². The van der Waals surface area contributed by atoms with Crippen LogP contribution in [-0.2, 0) is 17.5 Å². The summed E-state index contributed by atoms with van der Waals surface area (Å²) < 4.78 is 45.6. The molecule has 0 bridgehead atoms. The highest BCUT2D eigenvalue weighted by atomic mass is 35.5. The molecule has 146 valence electrons. The van der Waals surface area contributed by atoms with Crippen LogP contribution in [0.2, 0.25) is 5.02 Å². The number of carboxylic acid groups (broad SMARTS) is 1. The minimum atomic E-state index is -4.62.